The molecular weight excluding hydrogens is 350 g/mol. The first-order valence-electron chi connectivity index (χ1n) is 8.71. The van der Waals surface area contributed by atoms with Gasteiger partial charge in [0.25, 0.3) is 5.91 Å². The number of amides is 1. The van der Waals surface area contributed by atoms with Gasteiger partial charge in [-0.2, -0.15) is 9.97 Å². The second-order valence-electron chi connectivity index (χ2n) is 6.13. The third-order valence-electron chi connectivity index (χ3n) is 4.50. The summed E-state index contributed by atoms with van der Waals surface area (Å²) < 4.78 is 15.6. The van der Waals surface area contributed by atoms with E-state index in [9.17, 15) is 9.90 Å². The predicted molar refractivity (Wildman–Crippen MR) is 97.9 cm³/mol. The first-order valence-corrected chi connectivity index (χ1v) is 8.71. The molecule has 1 amide bonds. The van der Waals surface area contributed by atoms with Crippen molar-refractivity contribution in [1.82, 2.24) is 14.9 Å². The van der Waals surface area contributed by atoms with Crippen LogP contribution in [0.5, 0.6) is 11.9 Å². The van der Waals surface area contributed by atoms with E-state index in [4.69, 9.17) is 14.2 Å². The van der Waals surface area contributed by atoms with Gasteiger partial charge in [0.2, 0.25) is 5.88 Å². The van der Waals surface area contributed by atoms with E-state index in [0.29, 0.717) is 30.3 Å². The Morgan fingerprint density at radius 1 is 1.26 bits per heavy atom. The van der Waals surface area contributed by atoms with Gasteiger partial charge in [0.1, 0.15) is 0 Å². The minimum atomic E-state index is -0.674. The lowest BCUT2D eigenvalue weighted by Gasteiger charge is -2.29. The standard InChI is InChI=1S/C19H23N3O5/c1-4-22(15-10-27-11-16(15)23)18(24)13-7-5-6-12(8-13)14-9-17(25-2)21-19(20-14)26-3/h5-9,15-16,23H,4,10-11H2,1-3H3/t15-,16-/m0/s1. The molecule has 2 atom stereocenters. The molecule has 27 heavy (non-hydrogen) atoms. The number of carbonyl (C=O) groups excluding carboxylic acids is 1. The molecule has 0 unspecified atom stereocenters. The molecule has 8 heteroatoms. The minimum Gasteiger partial charge on any atom is -0.481 e. The summed E-state index contributed by atoms with van der Waals surface area (Å²) in [5.74, 6) is 0.205. The third-order valence-corrected chi connectivity index (χ3v) is 4.50. The van der Waals surface area contributed by atoms with Gasteiger partial charge in [0.15, 0.2) is 0 Å². The summed E-state index contributed by atoms with van der Waals surface area (Å²) in [6.45, 7) is 2.94. The van der Waals surface area contributed by atoms with Crippen molar-refractivity contribution < 1.29 is 24.1 Å². The van der Waals surface area contributed by atoms with E-state index in [1.807, 2.05) is 13.0 Å². The van der Waals surface area contributed by atoms with Crippen molar-refractivity contribution in [2.24, 2.45) is 0 Å². The molecule has 1 aliphatic heterocycles. The fraction of sp³-hybridized carbons (Fsp3) is 0.421. The molecule has 144 valence electrons. The van der Waals surface area contributed by atoms with E-state index in [1.165, 1.54) is 14.2 Å². The highest BCUT2D eigenvalue weighted by Crippen LogP contribution is 2.25. The molecule has 8 nitrogen and oxygen atoms in total. The summed E-state index contributed by atoms with van der Waals surface area (Å²) in [5.41, 5.74) is 1.82. The number of nitrogens with zero attached hydrogens (tertiary/aromatic N) is 3. The molecule has 1 aromatic carbocycles. The monoisotopic (exact) mass is 373 g/mol. The van der Waals surface area contributed by atoms with Gasteiger partial charge in [-0.05, 0) is 19.1 Å². The number of aliphatic hydroxyl groups is 1. The van der Waals surface area contributed by atoms with Gasteiger partial charge in [0, 0.05) is 23.7 Å². The van der Waals surface area contributed by atoms with Gasteiger partial charge >= 0.3 is 6.01 Å². The molecule has 0 bridgehead atoms. The zero-order valence-electron chi connectivity index (χ0n) is 15.6. The summed E-state index contributed by atoms with van der Waals surface area (Å²) in [5, 5.41) is 10.1. The van der Waals surface area contributed by atoms with Crippen molar-refractivity contribution in [2.45, 2.75) is 19.1 Å². The largest absolute Gasteiger partial charge is 0.481 e. The lowest BCUT2D eigenvalue weighted by Crippen LogP contribution is -2.46. The van der Waals surface area contributed by atoms with Crippen molar-refractivity contribution in [3.05, 3.63) is 35.9 Å². The molecule has 0 spiro atoms. The Morgan fingerprint density at radius 3 is 2.70 bits per heavy atom. The Labute approximate surface area is 157 Å². The van der Waals surface area contributed by atoms with Gasteiger partial charge in [-0.25, -0.2) is 0 Å². The lowest BCUT2D eigenvalue weighted by molar-refractivity contribution is 0.0520. The highest BCUT2D eigenvalue weighted by atomic mass is 16.5. The van der Waals surface area contributed by atoms with Crippen molar-refractivity contribution in [3.8, 4) is 23.1 Å². The summed E-state index contributed by atoms with van der Waals surface area (Å²) in [4.78, 5) is 23.1. The van der Waals surface area contributed by atoms with Gasteiger partial charge in [-0.15, -0.1) is 0 Å². The van der Waals surface area contributed by atoms with Gasteiger partial charge in [0.05, 0.1) is 45.3 Å². The number of ether oxygens (including phenoxy) is 3. The third kappa shape index (κ3) is 4.01. The number of methoxy groups -OCH3 is 2. The summed E-state index contributed by atoms with van der Waals surface area (Å²) >= 11 is 0. The molecule has 2 aromatic rings. The van der Waals surface area contributed by atoms with E-state index in [1.54, 1.807) is 29.2 Å². The number of aromatic nitrogens is 2. The van der Waals surface area contributed by atoms with Crippen LogP contribution in [0.3, 0.4) is 0 Å². The second-order valence-corrected chi connectivity index (χ2v) is 6.13. The first kappa shape index (κ1) is 19.1. The zero-order chi connectivity index (χ0) is 19.4. The highest BCUT2D eigenvalue weighted by Gasteiger charge is 2.34. The minimum absolute atomic E-state index is 0.165. The fourth-order valence-electron chi connectivity index (χ4n) is 3.08. The van der Waals surface area contributed by atoms with Crippen molar-refractivity contribution in [2.75, 3.05) is 34.0 Å². The van der Waals surface area contributed by atoms with Crippen LogP contribution in [0.1, 0.15) is 17.3 Å². The maximum absolute atomic E-state index is 13.0. The Balaban J connectivity index is 1.92. The zero-order valence-corrected chi connectivity index (χ0v) is 15.6. The maximum Gasteiger partial charge on any atom is 0.320 e. The fourth-order valence-corrected chi connectivity index (χ4v) is 3.08. The summed E-state index contributed by atoms with van der Waals surface area (Å²) in [7, 11) is 2.99. The molecule has 2 heterocycles. The number of hydrogen-bond acceptors (Lipinski definition) is 7. The van der Waals surface area contributed by atoms with E-state index < -0.39 is 6.10 Å². The molecule has 1 saturated heterocycles. The number of aliphatic hydroxyl groups excluding tert-OH is 1. The molecule has 0 radical (unpaired) electrons. The van der Waals surface area contributed by atoms with Crippen molar-refractivity contribution in [3.63, 3.8) is 0 Å². The van der Waals surface area contributed by atoms with Crippen LogP contribution in [0, 0.1) is 0 Å². The van der Waals surface area contributed by atoms with Crippen LogP contribution in [0.25, 0.3) is 11.3 Å². The van der Waals surface area contributed by atoms with Crippen molar-refractivity contribution in [1.29, 1.82) is 0 Å². The van der Waals surface area contributed by atoms with Crippen LogP contribution in [-0.2, 0) is 4.74 Å². The molecule has 1 N–H and O–H groups in total. The van der Waals surface area contributed by atoms with Crippen molar-refractivity contribution >= 4 is 5.91 Å². The molecule has 1 aromatic heterocycles. The summed E-state index contributed by atoms with van der Waals surface area (Å²) in [6.07, 6.45) is -0.674. The number of hydrogen-bond donors (Lipinski definition) is 1. The Bertz CT molecular complexity index is 791. The Morgan fingerprint density at radius 2 is 2.07 bits per heavy atom. The molecular formula is C19H23N3O5. The number of likely N-dealkylation sites (N-methyl/N-ethyl adjacent to an activating group) is 1. The maximum atomic E-state index is 13.0. The van der Waals surface area contributed by atoms with Gasteiger partial charge < -0.3 is 24.2 Å². The molecule has 1 aliphatic rings. The number of rotatable bonds is 6. The predicted octanol–water partition coefficient (Wildman–Crippen LogP) is 1.38. The van der Waals surface area contributed by atoms with Crippen LogP contribution < -0.4 is 9.47 Å². The highest BCUT2D eigenvalue weighted by molar-refractivity contribution is 5.95. The Kier molecular flexibility index (Phi) is 5.88. The average Bonchev–Trinajstić information content (AvgIpc) is 3.13. The second kappa shape index (κ2) is 8.32. The van der Waals surface area contributed by atoms with E-state index in [-0.39, 0.29) is 24.6 Å². The van der Waals surface area contributed by atoms with Crippen LogP contribution >= 0.6 is 0 Å². The Hall–Kier alpha value is -2.71. The van der Waals surface area contributed by atoms with Gasteiger partial charge in [-0.3, -0.25) is 4.79 Å². The first-order chi connectivity index (χ1) is 13.1. The van der Waals surface area contributed by atoms with E-state index >= 15 is 0 Å². The molecule has 0 aliphatic carbocycles. The van der Waals surface area contributed by atoms with Crippen LogP contribution in [-0.4, -0.2) is 72.0 Å². The topological polar surface area (TPSA) is 94.0 Å². The molecule has 0 saturated carbocycles. The smallest absolute Gasteiger partial charge is 0.320 e. The lowest BCUT2D eigenvalue weighted by atomic mass is 10.1. The van der Waals surface area contributed by atoms with E-state index in [0.717, 1.165) is 5.56 Å². The van der Waals surface area contributed by atoms with Crippen LogP contribution in [0.2, 0.25) is 0 Å². The number of benzene rings is 1. The molecule has 3 rings (SSSR count). The molecule has 1 fully saturated rings. The van der Waals surface area contributed by atoms with E-state index in [2.05, 4.69) is 9.97 Å². The SMILES string of the molecule is CCN(C(=O)c1cccc(-c2cc(OC)nc(OC)n2)c1)[C@H]1COC[C@@H]1O. The quantitative estimate of drug-likeness (QED) is 0.817. The average molecular weight is 373 g/mol. The van der Waals surface area contributed by atoms with Crippen LogP contribution in [0.15, 0.2) is 30.3 Å². The van der Waals surface area contributed by atoms with Gasteiger partial charge in [-0.1, -0.05) is 12.1 Å². The van der Waals surface area contributed by atoms with Crippen LogP contribution in [0.4, 0.5) is 0 Å². The number of carbonyl (C=O) groups is 1. The summed E-state index contributed by atoms with van der Waals surface area (Å²) in [6, 6.07) is 8.66. The normalized spacial score (nSPS) is 19.0.